The van der Waals surface area contributed by atoms with Crippen molar-refractivity contribution in [2.24, 2.45) is 5.92 Å². The first kappa shape index (κ1) is 24.9. The fraction of sp³-hybridized carbons (Fsp3) is 0.680. The number of aliphatic hydroxyl groups excluding tert-OH is 1. The Morgan fingerprint density at radius 1 is 1.09 bits per heavy atom. The molecule has 1 N–H and O–H groups in total. The van der Waals surface area contributed by atoms with Crippen LogP contribution in [-0.4, -0.2) is 67.8 Å². The number of aliphatic hydroxyl groups is 1. The Morgan fingerprint density at radius 2 is 1.83 bits per heavy atom. The highest BCUT2D eigenvalue weighted by atomic mass is 32.2. The maximum Gasteiger partial charge on any atom is 0.416 e. The number of likely N-dealkylation sites (tertiary alicyclic amines) is 1. The van der Waals surface area contributed by atoms with Crippen LogP contribution in [0, 0.1) is 5.92 Å². The lowest BCUT2D eigenvalue weighted by Crippen LogP contribution is -2.38. The van der Waals surface area contributed by atoms with Gasteiger partial charge in [-0.2, -0.15) is 13.2 Å². The second-order valence-electron chi connectivity index (χ2n) is 10.3. The molecule has 1 aromatic heterocycles. The average Bonchev–Trinajstić information content (AvgIpc) is 3.55. The van der Waals surface area contributed by atoms with Crippen molar-refractivity contribution in [3.63, 3.8) is 0 Å². The van der Waals surface area contributed by atoms with E-state index < -0.39 is 11.7 Å². The number of nitrogens with zero attached hydrogens (tertiary/aromatic N) is 5. The normalized spacial score (nSPS) is 28.4. The second-order valence-corrected chi connectivity index (χ2v) is 11.4. The van der Waals surface area contributed by atoms with E-state index in [4.69, 9.17) is 0 Å². The van der Waals surface area contributed by atoms with Crippen LogP contribution in [0.2, 0.25) is 0 Å². The molecule has 3 heterocycles. The largest absolute Gasteiger partial charge is 0.416 e. The number of alkyl halides is 3. The van der Waals surface area contributed by atoms with Crippen LogP contribution in [0.25, 0.3) is 0 Å². The first-order valence-corrected chi connectivity index (χ1v) is 13.6. The molecule has 5 rings (SSSR count). The van der Waals surface area contributed by atoms with E-state index in [1.54, 1.807) is 30.4 Å². The van der Waals surface area contributed by atoms with Gasteiger partial charge in [0, 0.05) is 49.1 Å². The Labute approximate surface area is 209 Å². The zero-order chi connectivity index (χ0) is 24.6. The minimum Gasteiger partial charge on any atom is -0.393 e. The van der Waals surface area contributed by atoms with E-state index in [1.165, 1.54) is 12.1 Å². The van der Waals surface area contributed by atoms with Gasteiger partial charge in [-0.25, -0.2) is 0 Å². The zero-order valence-corrected chi connectivity index (χ0v) is 20.9. The van der Waals surface area contributed by atoms with Crippen molar-refractivity contribution >= 4 is 17.6 Å². The van der Waals surface area contributed by atoms with Crippen molar-refractivity contribution < 1.29 is 18.3 Å². The number of hydrogen-bond acceptors (Lipinski definition) is 6. The third kappa shape index (κ3) is 5.49. The summed E-state index contributed by atoms with van der Waals surface area (Å²) in [5, 5.41) is 18.3. The maximum absolute atomic E-state index is 12.9. The van der Waals surface area contributed by atoms with Gasteiger partial charge in [0.25, 0.3) is 0 Å². The highest BCUT2D eigenvalue weighted by molar-refractivity contribution is 7.97. The Kier molecular flexibility index (Phi) is 7.33. The summed E-state index contributed by atoms with van der Waals surface area (Å²) in [7, 11) is 0. The molecular formula is C25H34F3N5OS. The first-order chi connectivity index (χ1) is 16.8. The molecule has 3 unspecified atom stereocenters. The molecule has 1 saturated carbocycles. The number of hydrogen-bond donors (Lipinski definition) is 1. The van der Waals surface area contributed by atoms with Crippen LogP contribution in [0.3, 0.4) is 0 Å². The lowest BCUT2D eigenvalue weighted by Gasteiger charge is -2.29. The second kappa shape index (κ2) is 10.3. The van der Waals surface area contributed by atoms with Gasteiger partial charge in [0.05, 0.1) is 11.7 Å². The van der Waals surface area contributed by atoms with Crippen molar-refractivity contribution in [2.75, 3.05) is 30.3 Å². The monoisotopic (exact) mass is 509 g/mol. The minimum atomic E-state index is -4.30. The molecule has 0 radical (unpaired) electrons. The van der Waals surface area contributed by atoms with E-state index >= 15 is 0 Å². The minimum absolute atomic E-state index is 0.175. The maximum atomic E-state index is 12.9. The molecule has 2 saturated heterocycles. The number of anilines is 1. The van der Waals surface area contributed by atoms with Gasteiger partial charge in [0.1, 0.15) is 12.2 Å². The van der Waals surface area contributed by atoms with Crippen molar-refractivity contribution in [3.8, 4) is 0 Å². The molecule has 0 bridgehead atoms. The molecule has 6 nitrogen and oxygen atoms in total. The Bertz CT molecular complexity index is 976. The molecule has 3 aliphatic rings. The summed E-state index contributed by atoms with van der Waals surface area (Å²) in [5.74, 6) is 2.94. The highest BCUT2D eigenvalue weighted by Crippen LogP contribution is 2.38. The summed E-state index contributed by atoms with van der Waals surface area (Å²) in [6.07, 6.45) is 3.06. The molecule has 192 valence electrons. The van der Waals surface area contributed by atoms with E-state index in [-0.39, 0.29) is 6.10 Å². The van der Waals surface area contributed by atoms with Crippen molar-refractivity contribution in [3.05, 3.63) is 42.0 Å². The smallest absolute Gasteiger partial charge is 0.393 e. The molecule has 0 spiro atoms. The topological polar surface area (TPSA) is 57.4 Å². The first-order valence-electron chi connectivity index (χ1n) is 12.7. The van der Waals surface area contributed by atoms with E-state index in [1.807, 2.05) is 0 Å². The van der Waals surface area contributed by atoms with Crippen LogP contribution in [0.15, 0.2) is 30.6 Å². The van der Waals surface area contributed by atoms with Gasteiger partial charge < -0.3 is 10.0 Å². The summed E-state index contributed by atoms with van der Waals surface area (Å²) in [6, 6.07) is 6.45. The van der Waals surface area contributed by atoms with Crippen molar-refractivity contribution in [1.29, 1.82) is 0 Å². The number of halogens is 3. The lowest BCUT2D eigenvalue weighted by atomic mass is 9.87. The molecule has 35 heavy (non-hydrogen) atoms. The van der Waals surface area contributed by atoms with Crippen molar-refractivity contribution in [1.82, 2.24) is 19.1 Å². The van der Waals surface area contributed by atoms with Gasteiger partial charge in [-0.1, -0.05) is 0 Å². The van der Waals surface area contributed by atoms with Gasteiger partial charge in [-0.15, -0.1) is 10.2 Å². The number of benzene rings is 1. The third-order valence-corrected chi connectivity index (χ3v) is 9.07. The van der Waals surface area contributed by atoms with E-state index in [9.17, 15) is 18.3 Å². The van der Waals surface area contributed by atoms with E-state index in [2.05, 4.69) is 30.9 Å². The SMILES string of the molecule is CC(CCSn1cnnc1C1CCC(O)CC1)N1CC2CCN(c3ccc(C(F)(F)F)cc3)C2C1. The van der Waals surface area contributed by atoms with Crippen LogP contribution in [-0.2, 0) is 6.18 Å². The lowest BCUT2D eigenvalue weighted by molar-refractivity contribution is -0.137. The van der Waals surface area contributed by atoms with Crippen LogP contribution >= 0.6 is 11.9 Å². The highest BCUT2D eigenvalue weighted by Gasteiger charge is 2.42. The number of fused-ring (bicyclic) bond motifs is 1. The predicted molar refractivity (Wildman–Crippen MR) is 131 cm³/mol. The van der Waals surface area contributed by atoms with E-state index in [0.29, 0.717) is 23.9 Å². The fourth-order valence-corrected chi connectivity index (χ4v) is 7.02. The standard InChI is InChI=1S/C25H34F3N5OS/c1-17(11-13-35-33-16-29-30-24(33)18-2-8-22(34)9-3-18)31-14-19-10-12-32(23(19)15-31)21-6-4-20(5-7-21)25(26,27)28/h4-7,16-19,22-23,34H,2-3,8-15H2,1H3. The molecule has 3 atom stereocenters. The van der Waals surface area contributed by atoms with Gasteiger partial charge >= 0.3 is 6.18 Å². The predicted octanol–water partition coefficient (Wildman–Crippen LogP) is 4.80. The fourth-order valence-electron chi connectivity index (χ4n) is 5.95. The summed E-state index contributed by atoms with van der Waals surface area (Å²) in [5.41, 5.74) is 0.305. The van der Waals surface area contributed by atoms with Gasteiger partial charge in [0.15, 0.2) is 0 Å². The van der Waals surface area contributed by atoms with Crippen LogP contribution < -0.4 is 4.90 Å². The van der Waals surface area contributed by atoms with Gasteiger partial charge in [0.2, 0.25) is 0 Å². The molecule has 2 aromatic rings. The third-order valence-electron chi connectivity index (χ3n) is 8.10. The summed E-state index contributed by atoms with van der Waals surface area (Å²) >= 11 is 1.76. The molecule has 2 aliphatic heterocycles. The molecular weight excluding hydrogens is 475 g/mol. The Balaban J connectivity index is 1.12. The number of aromatic nitrogens is 3. The van der Waals surface area contributed by atoms with Gasteiger partial charge in [-0.05, 0) is 87.6 Å². The number of rotatable bonds is 7. The summed E-state index contributed by atoms with van der Waals surface area (Å²) < 4.78 is 40.9. The quantitative estimate of drug-likeness (QED) is 0.579. The van der Waals surface area contributed by atoms with Crippen LogP contribution in [0.1, 0.15) is 62.8 Å². The Hall–Kier alpha value is -1.78. The summed E-state index contributed by atoms with van der Waals surface area (Å²) in [6.45, 7) is 5.20. The molecule has 1 aliphatic carbocycles. The van der Waals surface area contributed by atoms with Crippen LogP contribution in [0.5, 0.6) is 0 Å². The zero-order valence-electron chi connectivity index (χ0n) is 20.1. The molecule has 0 amide bonds. The van der Waals surface area contributed by atoms with Gasteiger partial charge in [-0.3, -0.25) is 8.87 Å². The Morgan fingerprint density at radius 3 is 2.54 bits per heavy atom. The van der Waals surface area contributed by atoms with Crippen LogP contribution in [0.4, 0.5) is 18.9 Å². The average molecular weight is 510 g/mol. The molecule has 10 heteroatoms. The molecule has 1 aromatic carbocycles. The van der Waals surface area contributed by atoms with E-state index in [0.717, 1.165) is 75.4 Å². The molecule has 3 fully saturated rings. The van der Waals surface area contributed by atoms with Crippen molar-refractivity contribution in [2.45, 2.75) is 75.7 Å². The summed E-state index contributed by atoms with van der Waals surface area (Å²) in [4.78, 5) is 4.85.